The van der Waals surface area contributed by atoms with Gasteiger partial charge in [0.2, 0.25) is 5.95 Å². The van der Waals surface area contributed by atoms with Gasteiger partial charge in [0.1, 0.15) is 0 Å². The van der Waals surface area contributed by atoms with Crippen LogP contribution in [-0.4, -0.2) is 43.4 Å². The Hall–Kier alpha value is -3.05. The van der Waals surface area contributed by atoms with Crippen LogP contribution >= 0.6 is 0 Å². The monoisotopic (exact) mass is 506 g/mol. The van der Waals surface area contributed by atoms with E-state index in [0.717, 1.165) is 23.3 Å². The van der Waals surface area contributed by atoms with Crippen LogP contribution in [-0.2, 0) is 28.3 Å². The van der Waals surface area contributed by atoms with Crippen molar-refractivity contribution in [3.8, 4) is 0 Å². The number of nitrogens with one attached hydrogen (secondary N) is 1. The highest BCUT2D eigenvalue weighted by molar-refractivity contribution is 7.92. The lowest BCUT2D eigenvalue weighted by molar-refractivity contribution is -0.137. The van der Waals surface area contributed by atoms with E-state index in [9.17, 15) is 21.6 Å². The number of hydrogen-bond acceptors (Lipinski definition) is 5. The molecule has 0 radical (unpaired) electrons. The number of nitrogens with zero attached hydrogens (tertiary/aromatic N) is 3. The van der Waals surface area contributed by atoms with Gasteiger partial charge in [0, 0.05) is 31.4 Å². The molecule has 1 aliphatic heterocycles. The number of alkyl halides is 4. The fourth-order valence-electron chi connectivity index (χ4n) is 5.02. The summed E-state index contributed by atoms with van der Waals surface area (Å²) in [6.07, 6.45) is -0.691. The number of aryl methyl sites for hydroxylation is 1. The Bertz CT molecular complexity index is 1370. The van der Waals surface area contributed by atoms with Crippen molar-refractivity contribution in [2.45, 2.75) is 35.5 Å². The number of fused-ring (bicyclic) bond motifs is 1. The van der Waals surface area contributed by atoms with Crippen LogP contribution in [0.2, 0.25) is 0 Å². The number of rotatable bonds is 5. The third-order valence-corrected chi connectivity index (χ3v) is 7.90. The minimum absolute atomic E-state index is 0.0191. The second-order valence-electron chi connectivity index (χ2n) is 9.07. The van der Waals surface area contributed by atoms with Gasteiger partial charge < -0.3 is 0 Å². The second-order valence-corrected chi connectivity index (χ2v) is 10.7. The highest BCUT2D eigenvalue weighted by Gasteiger charge is 2.47. The van der Waals surface area contributed by atoms with Crippen LogP contribution in [0.4, 0.5) is 23.5 Å². The third kappa shape index (κ3) is 4.38. The van der Waals surface area contributed by atoms with Crippen molar-refractivity contribution in [1.29, 1.82) is 0 Å². The number of anilines is 1. The first-order valence-electron chi connectivity index (χ1n) is 11.0. The maximum Gasteiger partial charge on any atom is 0.416 e. The molecule has 1 aromatic heterocycles. The molecule has 6 nitrogen and oxygen atoms in total. The summed E-state index contributed by atoms with van der Waals surface area (Å²) in [5.41, 5.74) is -0.622. The van der Waals surface area contributed by atoms with Crippen molar-refractivity contribution < 1.29 is 26.0 Å². The lowest BCUT2D eigenvalue weighted by Crippen LogP contribution is -2.55. The van der Waals surface area contributed by atoms with Gasteiger partial charge in [-0.05, 0) is 72.5 Å². The van der Waals surface area contributed by atoms with Crippen LogP contribution in [0.5, 0.6) is 0 Å². The maximum atomic E-state index is 15.7. The first kappa shape index (κ1) is 23.7. The van der Waals surface area contributed by atoms with Crippen molar-refractivity contribution in [2.75, 3.05) is 24.9 Å². The minimum atomic E-state index is -4.58. The molecular weight excluding hydrogens is 484 g/mol. The Balaban J connectivity index is 1.50. The van der Waals surface area contributed by atoms with Crippen LogP contribution in [0.15, 0.2) is 59.8 Å². The van der Waals surface area contributed by atoms with E-state index in [1.165, 1.54) is 24.5 Å². The molecule has 5 rings (SSSR count). The van der Waals surface area contributed by atoms with Crippen LogP contribution < -0.4 is 4.72 Å². The van der Waals surface area contributed by atoms with E-state index < -0.39 is 27.4 Å². The summed E-state index contributed by atoms with van der Waals surface area (Å²) in [5, 5.41) is 0. The molecule has 1 atom stereocenters. The van der Waals surface area contributed by atoms with Crippen LogP contribution in [0, 0.1) is 0 Å². The van der Waals surface area contributed by atoms with Gasteiger partial charge >= 0.3 is 6.18 Å². The molecule has 0 saturated carbocycles. The predicted octanol–water partition coefficient (Wildman–Crippen LogP) is 4.48. The molecule has 2 aromatic carbocycles. The SMILES string of the molecule is CN1CC(F)(c2cc(C(F)(F)F)ccc2C2CCc3cc(S(=O)(=O)Nc4ncccn4)ccc32)C1. The molecule has 1 fully saturated rings. The highest BCUT2D eigenvalue weighted by atomic mass is 32.2. The Kier molecular flexibility index (Phi) is 5.59. The molecule has 1 unspecified atom stereocenters. The first-order chi connectivity index (χ1) is 16.5. The number of aromatic nitrogens is 2. The summed E-state index contributed by atoms with van der Waals surface area (Å²) in [4.78, 5) is 9.48. The summed E-state index contributed by atoms with van der Waals surface area (Å²) >= 11 is 0. The Morgan fingerprint density at radius 3 is 2.40 bits per heavy atom. The fourth-order valence-corrected chi connectivity index (χ4v) is 6.03. The van der Waals surface area contributed by atoms with Gasteiger partial charge in [-0.2, -0.15) is 13.2 Å². The topological polar surface area (TPSA) is 75.2 Å². The van der Waals surface area contributed by atoms with Crippen molar-refractivity contribution in [1.82, 2.24) is 14.9 Å². The zero-order chi connectivity index (χ0) is 25.0. The highest BCUT2D eigenvalue weighted by Crippen LogP contribution is 2.47. The standard InChI is InChI=1S/C24H22F4N4O2S/c1-32-13-23(25,14-32)21-12-16(24(26,27)28)4-7-20(21)19-6-3-15-11-17(5-8-18(15)19)35(33,34)31-22-29-9-2-10-30-22/h2,4-5,7-12,19H,3,6,13-14H2,1H3,(H,29,30,31). The van der Waals surface area contributed by atoms with Gasteiger partial charge in [0.15, 0.2) is 5.67 Å². The number of hydrogen-bond donors (Lipinski definition) is 1. The summed E-state index contributed by atoms with van der Waals surface area (Å²) in [7, 11) is -2.22. The van der Waals surface area contributed by atoms with E-state index in [1.807, 2.05) is 0 Å². The second kappa shape index (κ2) is 8.27. The first-order valence-corrected chi connectivity index (χ1v) is 12.5. The summed E-state index contributed by atoms with van der Waals surface area (Å²) < 4.78 is 83.8. The van der Waals surface area contributed by atoms with Gasteiger partial charge in [0.05, 0.1) is 10.5 Å². The zero-order valence-corrected chi connectivity index (χ0v) is 19.5. The van der Waals surface area contributed by atoms with Gasteiger partial charge in [-0.1, -0.05) is 12.1 Å². The van der Waals surface area contributed by atoms with Gasteiger partial charge in [-0.15, -0.1) is 0 Å². The average molecular weight is 507 g/mol. The third-order valence-electron chi connectivity index (χ3n) is 6.57. The molecule has 0 amide bonds. The molecule has 2 aliphatic rings. The summed E-state index contributed by atoms with van der Waals surface area (Å²) in [6, 6.07) is 9.50. The van der Waals surface area contributed by atoms with E-state index >= 15 is 4.39 Å². The molecule has 2 heterocycles. The number of likely N-dealkylation sites (tertiary alicyclic amines) is 1. The quantitative estimate of drug-likeness (QED) is 0.517. The average Bonchev–Trinajstić information content (AvgIpc) is 3.21. The summed E-state index contributed by atoms with van der Waals surface area (Å²) in [6.45, 7) is 0.0383. The number of benzene rings is 2. The lowest BCUT2D eigenvalue weighted by Gasteiger charge is -2.44. The molecule has 35 heavy (non-hydrogen) atoms. The Morgan fingerprint density at radius 2 is 1.74 bits per heavy atom. The van der Waals surface area contributed by atoms with Crippen LogP contribution in [0.25, 0.3) is 0 Å². The van der Waals surface area contributed by atoms with Crippen LogP contribution in [0.3, 0.4) is 0 Å². The predicted molar refractivity (Wildman–Crippen MR) is 121 cm³/mol. The lowest BCUT2D eigenvalue weighted by atomic mass is 9.79. The van der Waals surface area contributed by atoms with E-state index in [1.54, 1.807) is 30.1 Å². The molecule has 1 saturated heterocycles. The van der Waals surface area contributed by atoms with E-state index in [2.05, 4.69) is 14.7 Å². The smallest absolute Gasteiger partial charge is 0.299 e. The number of likely N-dealkylation sites (N-methyl/N-ethyl adjacent to an activating group) is 1. The van der Waals surface area contributed by atoms with Crippen molar-refractivity contribution in [2.24, 2.45) is 0 Å². The van der Waals surface area contributed by atoms with Crippen molar-refractivity contribution in [3.05, 3.63) is 82.7 Å². The fraction of sp³-hybridized carbons (Fsp3) is 0.333. The molecule has 11 heteroatoms. The molecule has 3 aromatic rings. The van der Waals surface area contributed by atoms with Gasteiger partial charge in [0.25, 0.3) is 10.0 Å². The molecule has 0 spiro atoms. The van der Waals surface area contributed by atoms with Crippen molar-refractivity contribution >= 4 is 16.0 Å². The number of sulfonamides is 1. The van der Waals surface area contributed by atoms with Crippen LogP contribution in [0.1, 0.15) is 40.2 Å². The maximum absolute atomic E-state index is 15.7. The van der Waals surface area contributed by atoms with Gasteiger partial charge in [-0.3, -0.25) is 4.90 Å². The Labute approximate surface area is 200 Å². The largest absolute Gasteiger partial charge is 0.416 e. The van der Waals surface area contributed by atoms with Crippen molar-refractivity contribution in [3.63, 3.8) is 0 Å². The molecule has 184 valence electrons. The van der Waals surface area contributed by atoms with E-state index in [4.69, 9.17) is 0 Å². The molecular formula is C24H22F4N4O2S. The normalized spacial score (nSPS) is 19.7. The van der Waals surface area contributed by atoms with Gasteiger partial charge in [-0.25, -0.2) is 27.5 Å². The molecule has 1 N–H and O–H groups in total. The zero-order valence-electron chi connectivity index (χ0n) is 18.7. The molecule has 0 bridgehead atoms. The minimum Gasteiger partial charge on any atom is -0.299 e. The Morgan fingerprint density at radius 1 is 1.06 bits per heavy atom. The number of halogens is 4. The van der Waals surface area contributed by atoms with E-state index in [0.29, 0.717) is 18.4 Å². The molecule has 1 aliphatic carbocycles. The summed E-state index contributed by atoms with van der Waals surface area (Å²) in [5.74, 6) is -0.387. The van der Waals surface area contributed by atoms with E-state index in [-0.39, 0.29) is 35.4 Å².